The maximum atomic E-state index is 13.1. The van der Waals surface area contributed by atoms with Gasteiger partial charge < -0.3 is 4.74 Å². The van der Waals surface area contributed by atoms with Crippen LogP contribution < -0.4 is 4.74 Å². The van der Waals surface area contributed by atoms with Crippen molar-refractivity contribution in [2.45, 2.75) is 31.6 Å². The SMILES string of the molecule is CCOc1cc(C)c(Cl)cc1S(=O)(=O)N1CCCC(CS(C)(=O)=O)C1. The van der Waals surface area contributed by atoms with Crippen LogP contribution in [0.15, 0.2) is 17.0 Å². The van der Waals surface area contributed by atoms with Crippen LogP contribution in [0.1, 0.15) is 25.3 Å². The van der Waals surface area contributed by atoms with Gasteiger partial charge in [0.1, 0.15) is 20.5 Å². The Morgan fingerprint density at radius 2 is 1.96 bits per heavy atom. The van der Waals surface area contributed by atoms with Crippen molar-refractivity contribution in [3.8, 4) is 5.75 Å². The van der Waals surface area contributed by atoms with Gasteiger partial charge in [0.15, 0.2) is 0 Å². The summed E-state index contributed by atoms with van der Waals surface area (Å²) in [6.45, 7) is 4.44. The number of aryl methyl sites for hydroxylation is 1. The van der Waals surface area contributed by atoms with Gasteiger partial charge in [0.2, 0.25) is 10.0 Å². The van der Waals surface area contributed by atoms with Crippen LogP contribution in [0.25, 0.3) is 0 Å². The van der Waals surface area contributed by atoms with E-state index in [0.717, 1.165) is 5.56 Å². The van der Waals surface area contributed by atoms with Crippen molar-refractivity contribution in [1.82, 2.24) is 4.31 Å². The topological polar surface area (TPSA) is 80.8 Å². The van der Waals surface area contributed by atoms with Crippen molar-refractivity contribution in [2.75, 3.05) is 31.7 Å². The lowest BCUT2D eigenvalue weighted by molar-refractivity contribution is 0.279. The van der Waals surface area contributed by atoms with Gasteiger partial charge in [-0.1, -0.05) is 11.6 Å². The van der Waals surface area contributed by atoms with Crippen molar-refractivity contribution in [1.29, 1.82) is 0 Å². The van der Waals surface area contributed by atoms with Crippen LogP contribution in [-0.4, -0.2) is 52.8 Å². The average molecular weight is 410 g/mol. The Morgan fingerprint density at radius 3 is 2.56 bits per heavy atom. The van der Waals surface area contributed by atoms with Crippen molar-refractivity contribution in [3.63, 3.8) is 0 Å². The molecular formula is C16H24ClNO5S2. The first kappa shape index (κ1) is 20.5. The van der Waals surface area contributed by atoms with Crippen molar-refractivity contribution < 1.29 is 21.6 Å². The van der Waals surface area contributed by atoms with Gasteiger partial charge in [-0.2, -0.15) is 4.31 Å². The van der Waals surface area contributed by atoms with Gasteiger partial charge >= 0.3 is 0 Å². The number of halogens is 1. The number of hydrogen-bond donors (Lipinski definition) is 0. The molecule has 0 N–H and O–H groups in total. The van der Waals surface area contributed by atoms with E-state index in [0.29, 0.717) is 31.0 Å². The van der Waals surface area contributed by atoms with Crippen LogP contribution in [0.4, 0.5) is 0 Å². The van der Waals surface area contributed by atoms with Crippen LogP contribution in [-0.2, 0) is 19.9 Å². The predicted octanol–water partition coefficient (Wildman–Crippen LogP) is 2.49. The zero-order valence-electron chi connectivity index (χ0n) is 14.7. The summed E-state index contributed by atoms with van der Waals surface area (Å²) in [5.74, 6) is 0.0658. The molecule has 1 aromatic carbocycles. The minimum Gasteiger partial charge on any atom is -0.492 e. The van der Waals surface area contributed by atoms with E-state index in [9.17, 15) is 16.8 Å². The zero-order valence-corrected chi connectivity index (χ0v) is 17.0. The molecule has 0 saturated carbocycles. The highest BCUT2D eigenvalue weighted by molar-refractivity contribution is 7.90. The lowest BCUT2D eigenvalue weighted by Crippen LogP contribution is -2.41. The fourth-order valence-electron chi connectivity index (χ4n) is 3.06. The summed E-state index contributed by atoms with van der Waals surface area (Å²) in [4.78, 5) is 0.0324. The van der Waals surface area contributed by atoms with Crippen molar-refractivity contribution in [2.24, 2.45) is 5.92 Å². The van der Waals surface area contributed by atoms with Gasteiger partial charge in [-0.3, -0.25) is 0 Å². The molecule has 1 fully saturated rings. The molecule has 1 heterocycles. The summed E-state index contributed by atoms with van der Waals surface area (Å²) in [6.07, 6.45) is 2.50. The summed E-state index contributed by atoms with van der Waals surface area (Å²) < 4.78 is 56.1. The van der Waals surface area contributed by atoms with Crippen LogP contribution in [0.5, 0.6) is 5.75 Å². The molecule has 142 valence electrons. The maximum absolute atomic E-state index is 13.1. The molecule has 9 heteroatoms. The molecule has 0 spiro atoms. The van der Waals surface area contributed by atoms with E-state index in [1.165, 1.54) is 16.6 Å². The Bertz CT molecular complexity index is 836. The molecule has 1 atom stereocenters. The molecule has 0 bridgehead atoms. The molecule has 6 nitrogen and oxygen atoms in total. The molecule has 0 amide bonds. The van der Waals surface area contributed by atoms with E-state index in [1.54, 1.807) is 19.9 Å². The number of rotatable bonds is 6. The monoisotopic (exact) mass is 409 g/mol. The number of sulfone groups is 1. The lowest BCUT2D eigenvalue weighted by atomic mass is 10.0. The van der Waals surface area contributed by atoms with E-state index >= 15 is 0 Å². The highest BCUT2D eigenvalue weighted by Crippen LogP contribution is 2.34. The zero-order chi connectivity index (χ0) is 18.8. The first-order chi connectivity index (χ1) is 11.5. The second-order valence-corrected chi connectivity index (χ2v) is 10.9. The fraction of sp³-hybridized carbons (Fsp3) is 0.625. The van der Waals surface area contributed by atoms with Crippen LogP contribution >= 0.6 is 11.6 Å². The Morgan fingerprint density at radius 1 is 1.28 bits per heavy atom. The summed E-state index contributed by atoms with van der Waals surface area (Å²) in [5.41, 5.74) is 0.734. The number of ether oxygens (including phenoxy) is 1. The van der Waals surface area contributed by atoms with Gasteiger partial charge in [0.05, 0.1) is 12.4 Å². The Kier molecular flexibility index (Phi) is 6.40. The first-order valence-electron chi connectivity index (χ1n) is 8.15. The van der Waals surface area contributed by atoms with E-state index in [-0.39, 0.29) is 28.9 Å². The van der Waals surface area contributed by atoms with Crippen LogP contribution in [0.2, 0.25) is 5.02 Å². The third kappa shape index (κ3) is 5.09. The Balaban J connectivity index is 2.36. The molecule has 1 aromatic rings. The number of piperidine rings is 1. The van der Waals surface area contributed by atoms with Crippen molar-refractivity contribution in [3.05, 3.63) is 22.7 Å². The van der Waals surface area contributed by atoms with E-state index in [1.807, 2.05) is 0 Å². The summed E-state index contributed by atoms with van der Waals surface area (Å²) >= 11 is 6.13. The molecule has 0 radical (unpaired) electrons. The van der Waals surface area contributed by atoms with Gasteiger partial charge in [0, 0.05) is 24.4 Å². The highest BCUT2D eigenvalue weighted by atomic mass is 35.5. The van der Waals surface area contributed by atoms with Crippen LogP contribution in [0.3, 0.4) is 0 Å². The smallest absolute Gasteiger partial charge is 0.246 e. The summed E-state index contributed by atoms with van der Waals surface area (Å²) in [6, 6.07) is 3.04. The third-order valence-electron chi connectivity index (χ3n) is 4.16. The molecule has 1 saturated heterocycles. The number of hydrogen-bond acceptors (Lipinski definition) is 5. The van der Waals surface area contributed by atoms with Gasteiger partial charge in [-0.25, -0.2) is 16.8 Å². The molecular weight excluding hydrogens is 386 g/mol. The molecule has 1 aliphatic rings. The fourth-order valence-corrected chi connectivity index (χ4v) is 6.11. The maximum Gasteiger partial charge on any atom is 0.246 e. The van der Waals surface area contributed by atoms with Gasteiger partial charge in [-0.05, 0) is 50.3 Å². The van der Waals surface area contributed by atoms with Crippen molar-refractivity contribution >= 4 is 31.5 Å². The molecule has 0 aromatic heterocycles. The molecule has 0 aliphatic carbocycles. The normalized spacial score (nSPS) is 19.8. The van der Waals surface area contributed by atoms with Gasteiger partial charge in [-0.15, -0.1) is 0 Å². The quantitative estimate of drug-likeness (QED) is 0.721. The predicted molar refractivity (Wildman–Crippen MR) is 98.6 cm³/mol. The minimum absolute atomic E-state index is 0.00795. The first-order valence-corrected chi connectivity index (χ1v) is 12.0. The lowest BCUT2D eigenvalue weighted by Gasteiger charge is -2.32. The summed E-state index contributed by atoms with van der Waals surface area (Å²) in [5, 5.41) is 0.353. The largest absolute Gasteiger partial charge is 0.492 e. The van der Waals surface area contributed by atoms with E-state index in [2.05, 4.69) is 0 Å². The molecule has 1 aliphatic heterocycles. The Hall–Kier alpha value is -0.830. The molecule has 25 heavy (non-hydrogen) atoms. The summed E-state index contributed by atoms with van der Waals surface area (Å²) in [7, 11) is -6.97. The number of benzene rings is 1. The standard InChI is InChI=1S/C16H24ClNO5S2/c1-4-23-15-8-12(2)14(17)9-16(15)25(21,22)18-7-5-6-13(10-18)11-24(3,19)20/h8-9,13H,4-7,10-11H2,1-3H3. The average Bonchev–Trinajstić information content (AvgIpc) is 2.49. The second-order valence-electron chi connectivity index (χ2n) is 6.44. The van der Waals surface area contributed by atoms with E-state index < -0.39 is 19.9 Å². The number of sulfonamides is 1. The van der Waals surface area contributed by atoms with Crippen LogP contribution in [0, 0.1) is 12.8 Å². The minimum atomic E-state index is -3.81. The molecule has 1 unspecified atom stereocenters. The second kappa shape index (κ2) is 7.82. The Labute approximate surface area is 155 Å². The van der Waals surface area contributed by atoms with E-state index in [4.69, 9.17) is 16.3 Å². The number of nitrogens with zero attached hydrogens (tertiary/aromatic N) is 1. The third-order valence-corrected chi connectivity index (χ3v) is 7.53. The van der Waals surface area contributed by atoms with Gasteiger partial charge in [0.25, 0.3) is 0 Å². The molecule has 2 rings (SSSR count). The highest BCUT2D eigenvalue weighted by Gasteiger charge is 2.33.